The molecule has 3 aliphatic rings. The molecule has 0 amide bonds. The number of aryl methyl sites for hydroxylation is 1. The van der Waals surface area contributed by atoms with Crippen molar-refractivity contribution in [3.8, 4) is 11.5 Å². The van der Waals surface area contributed by atoms with Crippen molar-refractivity contribution in [2.24, 2.45) is 0 Å². The molecule has 0 aliphatic carbocycles. The Morgan fingerprint density at radius 2 is 1.50 bits per heavy atom. The Bertz CT molecular complexity index is 904. The molecular formula is C29H43N3O2. The zero-order chi connectivity index (χ0) is 23.8. The standard InChI is InChI=1S/C15H23NO2.C14H20N2/c1-17-14-8-7-13(12-15(14)18-2)6-5-11-16-9-3-4-10-16;1-15-9-6-12-4-5-14(10-13(12)11-15)16-7-2-3-8-16/h7-8,12H,3-6,9-11H2,1-2H3;4-5,10H,2-3,6-9,11H2,1H3. The van der Waals surface area contributed by atoms with Crippen molar-refractivity contribution in [1.29, 1.82) is 0 Å². The summed E-state index contributed by atoms with van der Waals surface area (Å²) in [6.45, 7) is 8.60. The molecule has 2 aromatic carbocycles. The highest BCUT2D eigenvalue weighted by Gasteiger charge is 2.17. The van der Waals surface area contributed by atoms with Crippen molar-refractivity contribution in [2.75, 3.05) is 65.4 Å². The number of hydrogen-bond acceptors (Lipinski definition) is 5. The van der Waals surface area contributed by atoms with Crippen LogP contribution in [-0.2, 0) is 19.4 Å². The van der Waals surface area contributed by atoms with E-state index in [1.165, 1.54) is 94.6 Å². The molecule has 0 atom stereocenters. The van der Waals surface area contributed by atoms with Crippen LogP contribution in [0.1, 0.15) is 48.8 Å². The first-order valence-electron chi connectivity index (χ1n) is 13.1. The van der Waals surface area contributed by atoms with Crippen LogP contribution < -0.4 is 14.4 Å². The molecule has 0 radical (unpaired) electrons. The van der Waals surface area contributed by atoms with E-state index in [2.05, 4.69) is 52.1 Å². The van der Waals surface area contributed by atoms with Crippen molar-refractivity contribution in [2.45, 2.75) is 51.5 Å². The molecular weight excluding hydrogens is 422 g/mol. The minimum Gasteiger partial charge on any atom is -0.493 e. The molecule has 3 aliphatic heterocycles. The molecule has 0 spiro atoms. The number of methoxy groups -OCH3 is 2. The molecule has 186 valence electrons. The molecule has 0 saturated carbocycles. The van der Waals surface area contributed by atoms with Gasteiger partial charge in [-0.05, 0) is 113 Å². The zero-order valence-corrected chi connectivity index (χ0v) is 21.5. The normalized spacial score (nSPS) is 18.4. The van der Waals surface area contributed by atoms with Gasteiger partial charge in [-0.1, -0.05) is 12.1 Å². The van der Waals surface area contributed by atoms with Gasteiger partial charge >= 0.3 is 0 Å². The number of rotatable bonds is 7. The number of likely N-dealkylation sites (N-methyl/N-ethyl adjacent to an activating group) is 1. The van der Waals surface area contributed by atoms with E-state index < -0.39 is 0 Å². The second kappa shape index (κ2) is 12.5. The highest BCUT2D eigenvalue weighted by atomic mass is 16.5. The summed E-state index contributed by atoms with van der Waals surface area (Å²) in [5.74, 6) is 1.64. The number of hydrogen-bond donors (Lipinski definition) is 0. The Morgan fingerprint density at radius 1 is 0.765 bits per heavy atom. The summed E-state index contributed by atoms with van der Waals surface area (Å²) in [6.07, 6.45) is 9.00. The Labute approximate surface area is 206 Å². The van der Waals surface area contributed by atoms with Crippen LogP contribution in [0.2, 0.25) is 0 Å². The van der Waals surface area contributed by atoms with Crippen molar-refractivity contribution >= 4 is 5.69 Å². The van der Waals surface area contributed by atoms with Crippen molar-refractivity contribution in [3.05, 3.63) is 53.1 Å². The molecule has 0 bridgehead atoms. The quantitative estimate of drug-likeness (QED) is 0.573. The third kappa shape index (κ3) is 6.67. The largest absolute Gasteiger partial charge is 0.493 e. The third-order valence-corrected chi connectivity index (χ3v) is 7.45. The van der Waals surface area contributed by atoms with Crippen LogP contribution in [0.3, 0.4) is 0 Å². The first-order valence-corrected chi connectivity index (χ1v) is 13.1. The maximum Gasteiger partial charge on any atom is 0.160 e. The molecule has 0 unspecified atom stereocenters. The van der Waals surface area contributed by atoms with Gasteiger partial charge in [0.2, 0.25) is 0 Å². The number of benzene rings is 2. The first-order chi connectivity index (χ1) is 16.7. The summed E-state index contributed by atoms with van der Waals surface area (Å²) in [6, 6.07) is 13.3. The minimum absolute atomic E-state index is 0.806. The summed E-state index contributed by atoms with van der Waals surface area (Å²) in [7, 11) is 5.57. The number of ether oxygens (including phenoxy) is 2. The summed E-state index contributed by atoms with van der Waals surface area (Å²) >= 11 is 0. The van der Waals surface area contributed by atoms with E-state index >= 15 is 0 Å². The second-order valence-electron chi connectivity index (χ2n) is 9.98. The Hall–Kier alpha value is -2.24. The predicted octanol–water partition coefficient (Wildman–Crippen LogP) is 5.01. The summed E-state index contributed by atoms with van der Waals surface area (Å²) in [4.78, 5) is 7.49. The SMILES string of the molecule is CN1CCc2ccc(N3CCCC3)cc2C1.COc1ccc(CCCN2CCCC2)cc1OC. The maximum atomic E-state index is 5.32. The Kier molecular flexibility index (Phi) is 9.11. The maximum absolute atomic E-state index is 5.32. The summed E-state index contributed by atoms with van der Waals surface area (Å²) < 4.78 is 10.6. The third-order valence-electron chi connectivity index (χ3n) is 7.45. The van der Waals surface area contributed by atoms with E-state index in [9.17, 15) is 0 Å². The molecule has 5 nitrogen and oxygen atoms in total. The molecule has 2 aromatic rings. The van der Waals surface area contributed by atoms with E-state index in [0.717, 1.165) is 24.5 Å². The topological polar surface area (TPSA) is 28.2 Å². The van der Waals surface area contributed by atoms with E-state index in [1.54, 1.807) is 19.8 Å². The van der Waals surface area contributed by atoms with E-state index in [1.807, 2.05) is 6.07 Å². The molecule has 2 saturated heterocycles. The summed E-state index contributed by atoms with van der Waals surface area (Å²) in [5.41, 5.74) is 5.86. The highest BCUT2D eigenvalue weighted by Crippen LogP contribution is 2.28. The molecule has 5 heteroatoms. The van der Waals surface area contributed by atoms with Crippen LogP contribution in [0, 0.1) is 0 Å². The minimum atomic E-state index is 0.806. The molecule has 5 rings (SSSR count). The van der Waals surface area contributed by atoms with E-state index in [-0.39, 0.29) is 0 Å². The molecule has 0 N–H and O–H groups in total. The fourth-order valence-corrected chi connectivity index (χ4v) is 5.41. The monoisotopic (exact) mass is 465 g/mol. The van der Waals surface area contributed by atoms with E-state index in [0.29, 0.717) is 0 Å². The van der Waals surface area contributed by atoms with Crippen LogP contribution in [0.15, 0.2) is 36.4 Å². The van der Waals surface area contributed by atoms with Gasteiger partial charge in [0.15, 0.2) is 11.5 Å². The van der Waals surface area contributed by atoms with Crippen LogP contribution in [0.4, 0.5) is 5.69 Å². The fraction of sp³-hybridized carbons (Fsp3) is 0.586. The zero-order valence-electron chi connectivity index (χ0n) is 21.5. The van der Waals surface area contributed by atoms with Gasteiger partial charge in [-0.3, -0.25) is 0 Å². The van der Waals surface area contributed by atoms with Gasteiger partial charge in [0.1, 0.15) is 0 Å². The van der Waals surface area contributed by atoms with Crippen LogP contribution in [-0.4, -0.2) is 70.3 Å². The van der Waals surface area contributed by atoms with Crippen molar-refractivity contribution < 1.29 is 9.47 Å². The average molecular weight is 466 g/mol. The molecule has 0 aromatic heterocycles. The fourth-order valence-electron chi connectivity index (χ4n) is 5.41. The number of nitrogens with zero attached hydrogens (tertiary/aromatic N) is 3. The summed E-state index contributed by atoms with van der Waals surface area (Å²) in [5, 5.41) is 0. The molecule has 34 heavy (non-hydrogen) atoms. The highest BCUT2D eigenvalue weighted by molar-refractivity contribution is 5.52. The average Bonchev–Trinajstić information content (AvgIpc) is 3.59. The van der Waals surface area contributed by atoms with Crippen LogP contribution in [0.5, 0.6) is 11.5 Å². The Balaban J connectivity index is 0.000000162. The van der Waals surface area contributed by atoms with Gasteiger partial charge in [-0.2, -0.15) is 0 Å². The van der Waals surface area contributed by atoms with E-state index in [4.69, 9.17) is 9.47 Å². The predicted molar refractivity (Wildman–Crippen MR) is 141 cm³/mol. The van der Waals surface area contributed by atoms with Gasteiger partial charge in [-0.25, -0.2) is 0 Å². The van der Waals surface area contributed by atoms with Gasteiger partial charge in [-0.15, -0.1) is 0 Å². The molecule has 2 fully saturated rings. The number of anilines is 1. The van der Waals surface area contributed by atoms with Gasteiger partial charge in [0.25, 0.3) is 0 Å². The Morgan fingerprint density at radius 3 is 2.24 bits per heavy atom. The van der Waals surface area contributed by atoms with Crippen molar-refractivity contribution in [1.82, 2.24) is 9.80 Å². The molecule has 3 heterocycles. The van der Waals surface area contributed by atoms with Gasteiger partial charge in [0.05, 0.1) is 14.2 Å². The lowest BCUT2D eigenvalue weighted by Gasteiger charge is -2.27. The van der Waals surface area contributed by atoms with Gasteiger partial charge in [0, 0.05) is 31.9 Å². The van der Waals surface area contributed by atoms with Crippen molar-refractivity contribution in [3.63, 3.8) is 0 Å². The second-order valence-corrected chi connectivity index (χ2v) is 9.98. The lowest BCUT2D eigenvalue weighted by molar-refractivity contribution is 0.313. The van der Waals surface area contributed by atoms with Crippen LogP contribution >= 0.6 is 0 Å². The first kappa shape index (κ1) is 24.9. The smallest absolute Gasteiger partial charge is 0.160 e. The lowest BCUT2D eigenvalue weighted by Crippen LogP contribution is -2.27. The van der Waals surface area contributed by atoms with Gasteiger partial charge < -0.3 is 24.2 Å². The lowest BCUT2D eigenvalue weighted by atomic mass is 9.99. The van der Waals surface area contributed by atoms with Crippen LogP contribution in [0.25, 0.3) is 0 Å². The number of fused-ring (bicyclic) bond motifs is 1. The number of likely N-dealkylation sites (tertiary alicyclic amines) is 1.